The van der Waals surface area contributed by atoms with Gasteiger partial charge in [0.1, 0.15) is 0 Å². The van der Waals surface area contributed by atoms with Crippen molar-refractivity contribution >= 4 is 23.3 Å². The standard InChI is InChI=1S/C15H18N2.ClH/c1-2-9-17-14-7-8-16-10-13(14)12-6-3-5-11(4-1)15(12)17;/h7-8,10-11H,1-6,9H2;1H. The van der Waals surface area contributed by atoms with Crippen LogP contribution in [0.2, 0.25) is 0 Å². The molecule has 3 heterocycles. The Kier molecular flexibility index (Phi) is 3.06. The summed E-state index contributed by atoms with van der Waals surface area (Å²) in [6, 6.07) is 2.20. The van der Waals surface area contributed by atoms with Gasteiger partial charge in [-0.3, -0.25) is 4.98 Å². The van der Waals surface area contributed by atoms with Crippen LogP contribution in [-0.4, -0.2) is 9.55 Å². The highest BCUT2D eigenvalue weighted by atomic mass is 35.5. The van der Waals surface area contributed by atoms with Crippen molar-refractivity contribution in [3.63, 3.8) is 0 Å². The molecule has 4 rings (SSSR count). The zero-order valence-electron chi connectivity index (χ0n) is 10.6. The van der Waals surface area contributed by atoms with Crippen molar-refractivity contribution in [2.45, 2.75) is 51.0 Å². The molecule has 2 aromatic heterocycles. The van der Waals surface area contributed by atoms with Crippen LogP contribution in [0.15, 0.2) is 18.5 Å². The Morgan fingerprint density at radius 2 is 2.06 bits per heavy atom. The van der Waals surface area contributed by atoms with E-state index in [1.165, 1.54) is 56.0 Å². The molecule has 1 atom stereocenters. The molecule has 0 aromatic carbocycles. The third-order valence-corrected chi connectivity index (χ3v) is 4.56. The molecule has 0 bridgehead atoms. The molecule has 1 aliphatic heterocycles. The van der Waals surface area contributed by atoms with Crippen LogP contribution in [0.4, 0.5) is 0 Å². The van der Waals surface area contributed by atoms with Gasteiger partial charge in [0.05, 0.1) is 5.52 Å². The molecule has 96 valence electrons. The summed E-state index contributed by atoms with van der Waals surface area (Å²) in [5, 5.41) is 1.43. The fourth-order valence-corrected chi connectivity index (χ4v) is 3.86. The van der Waals surface area contributed by atoms with Crippen LogP contribution in [0, 0.1) is 0 Å². The van der Waals surface area contributed by atoms with E-state index in [-0.39, 0.29) is 12.4 Å². The van der Waals surface area contributed by atoms with E-state index in [4.69, 9.17) is 0 Å². The first-order chi connectivity index (χ1) is 8.45. The first-order valence-corrected chi connectivity index (χ1v) is 6.90. The lowest BCUT2D eigenvalue weighted by Gasteiger charge is -2.23. The molecular weight excluding hydrogens is 244 g/mol. The molecule has 3 heteroatoms. The Balaban J connectivity index is 0.000001000. The molecule has 2 aromatic rings. The van der Waals surface area contributed by atoms with E-state index in [1.54, 1.807) is 11.3 Å². The van der Waals surface area contributed by atoms with Crippen molar-refractivity contribution in [1.82, 2.24) is 9.55 Å². The van der Waals surface area contributed by atoms with Gasteiger partial charge in [0.25, 0.3) is 0 Å². The molecule has 1 unspecified atom stereocenters. The average Bonchev–Trinajstić information content (AvgIpc) is 2.56. The number of hydrogen-bond acceptors (Lipinski definition) is 1. The summed E-state index contributed by atoms with van der Waals surface area (Å²) < 4.78 is 2.60. The van der Waals surface area contributed by atoms with Gasteiger partial charge in [0.15, 0.2) is 0 Å². The molecule has 0 radical (unpaired) electrons. The predicted molar refractivity (Wildman–Crippen MR) is 76.5 cm³/mol. The van der Waals surface area contributed by atoms with E-state index < -0.39 is 0 Å². The summed E-state index contributed by atoms with van der Waals surface area (Å²) in [5.74, 6) is 0.827. The van der Waals surface area contributed by atoms with Crippen LogP contribution in [0.25, 0.3) is 10.9 Å². The Hall–Kier alpha value is -1.02. The maximum absolute atomic E-state index is 4.32. The zero-order chi connectivity index (χ0) is 11.2. The molecule has 1 aliphatic carbocycles. The summed E-state index contributed by atoms with van der Waals surface area (Å²) >= 11 is 0. The van der Waals surface area contributed by atoms with Crippen LogP contribution in [0.5, 0.6) is 0 Å². The van der Waals surface area contributed by atoms with Gasteiger partial charge in [-0.25, -0.2) is 0 Å². The number of nitrogens with zero attached hydrogens (tertiary/aromatic N) is 2. The second-order valence-electron chi connectivity index (χ2n) is 5.49. The van der Waals surface area contributed by atoms with Gasteiger partial charge in [-0.2, -0.15) is 0 Å². The third kappa shape index (κ3) is 1.58. The number of aromatic nitrogens is 2. The lowest BCUT2D eigenvalue weighted by atomic mass is 9.84. The van der Waals surface area contributed by atoms with E-state index in [1.807, 2.05) is 6.20 Å². The van der Waals surface area contributed by atoms with Crippen LogP contribution in [0.3, 0.4) is 0 Å². The Morgan fingerprint density at radius 3 is 3.00 bits per heavy atom. The molecule has 0 spiro atoms. The summed E-state index contributed by atoms with van der Waals surface area (Å²) in [6.07, 6.45) is 12.2. The maximum Gasteiger partial charge on any atom is 0.0516 e. The van der Waals surface area contributed by atoms with Crippen LogP contribution in [-0.2, 0) is 13.0 Å². The lowest BCUT2D eigenvalue weighted by Crippen LogP contribution is -2.11. The first kappa shape index (κ1) is 12.0. The van der Waals surface area contributed by atoms with Crippen molar-refractivity contribution in [2.75, 3.05) is 0 Å². The number of fused-ring (bicyclic) bond motifs is 3. The maximum atomic E-state index is 4.32. The average molecular weight is 263 g/mol. The number of pyridine rings is 1. The Morgan fingerprint density at radius 1 is 1.17 bits per heavy atom. The molecule has 0 fully saturated rings. The summed E-state index contributed by atoms with van der Waals surface area (Å²) in [4.78, 5) is 4.32. The normalized spacial score (nSPS) is 22.1. The second-order valence-corrected chi connectivity index (χ2v) is 5.49. The molecule has 0 saturated carbocycles. The molecule has 0 saturated heterocycles. The van der Waals surface area contributed by atoms with E-state index in [2.05, 4.69) is 21.8 Å². The largest absolute Gasteiger partial charge is 0.344 e. The van der Waals surface area contributed by atoms with Crippen molar-refractivity contribution in [3.05, 3.63) is 29.7 Å². The van der Waals surface area contributed by atoms with Gasteiger partial charge in [0, 0.05) is 30.0 Å². The minimum atomic E-state index is 0. The van der Waals surface area contributed by atoms with E-state index in [9.17, 15) is 0 Å². The molecule has 0 N–H and O–H groups in total. The van der Waals surface area contributed by atoms with Crippen LogP contribution < -0.4 is 0 Å². The summed E-state index contributed by atoms with van der Waals surface area (Å²) in [5.41, 5.74) is 4.71. The molecule has 18 heavy (non-hydrogen) atoms. The molecule has 2 aliphatic rings. The van der Waals surface area contributed by atoms with Crippen molar-refractivity contribution < 1.29 is 0 Å². The highest BCUT2D eigenvalue weighted by Gasteiger charge is 2.28. The fraction of sp³-hybridized carbons (Fsp3) is 0.533. The number of halogens is 1. The quantitative estimate of drug-likeness (QED) is 0.700. The van der Waals surface area contributed by atoms with Crippen molar-refractivity contribution in [1.29, 1.82) is 0 Å². The number of aryl methyl sites for hydroxylation is 2. The van der Waals surface area contributed by atoms with Crippen LogP contribution >= 0.6 is 12.4 Å². The third-order valence-electron chi connectivity index (χ3n) is 4.56. The van der Waals surface area contributed by atoms with Gasteiger partial charge < -0.3 is 4.57 Å². The van der Waals surface area contributed by atoms with Gasteiger partial charge in [-0.1, -0.05) is 6.42 Å². The van der Waals surface area contributed by atoms with Gasteiger partial charge in [0.2, 0.25) is 0 Å². The van der Waals surface area contributed by atoms with E-state index in [0.29, 0.717) is 0 Å². The molecule has 0 amide bonds. The minimum absolute atomic E-state index is 0. The number of rotatable bonds is 0. The summed E-state index contributed by atoms with van der Waals surface area (Å²) in [7, 11) is 0. The van der Waals surface area contributed by atoms with E-state index >= 15 is 0 Å². The Bertz CT molecular complexity index is 573. The molecule has 2 nitrogen and oxygen atoms in total. The van der Waals surface area contributed by atoms with Gasteiger partial charge in [-0.05, 0) is 49.7 Å². The van der Waals surface area contributed by atoms with Crippen molar-refractivity contribution in [3.8, 4) is 0 Å². The molecular formula is C15H19ClN2. The van der Waals surface area contributed by atoms with Crippen LogP contribution in [0.1, 0.15) is 49.3 Å². The topological polar surface area (TPSA) is 17.8 Å². The smallest absolute Gasteiger partial charge is 0.0516 e. The minimum Gasteiger partial charge on any atom is -0.344 e. The monoisotopic (exact) mass is 262 g/mol. The lowest BCUT2D eigenvalue weighted by molar-refractivity contribution is 0.508. The highest BCUT2D eigenvalue weighted by Crippen LogP contribution is 2.42. The van der Waals surface area contributed by atoms with Gasteiger partial charge in [-0.15, -0.1) is 12.4 Å². The number of hydrogen-bond donors (Lipinski definition) is 0. The SMILES string of the molecule is Cl.c1cc2c(cn1)c1c3n2CCCCC3CCC1. The Labute approximate surface area is 114 Å². The zero-order valence-corrected chi connectivity index (χ0v) is 11.4. The fourth-order valence-electron chi connectivity index (χ4n) is 3.86. The van der Waals surface area contributed by atoms with Gasteiger partial charge >= 0.3 is 0 Å². The first-order valence-electron chi connectivity index (χ1n) is 6.90. The highest BCUT2D eigenvalue weighted by molar-refractivity contribution is 5.85. The van der Waals surface area contributed by atoms with Crippen molar-refractivity contribution in [2.24, 2.45) is 0 Å². The summed E-state index contributed by atoms with van der Waals surface area (Å²) in [6.45, 7) is 1.21. The second kappa shape index (κ2) is 4.58. The predicted octanol–water partition coefficient (Wildman–Crippen LogP) is 4.06. The van der Waals surface area contributed by atoms with E-state index in [0.717, 1.165) is 5.92 Å².